The highest BCUT2D eigenvalue weighted by molar-refractivity contribution is 5.78. The maximum atomic E-state index is 12.6. The predicted octanol–water partition coefficient (Wildman–Crippen LogP) is 2.41. The van der Waals surface area contributed by atoms with Crippen molar-refractivity contribution in [1.29, 1.82) is 0 Å². The van der Waals surface area contributed by atoms with Crippen molar-refractivity contribution in [3.05, 3.63) is 0 Å². The summed E-state index contributed by atoms with van der Waals surface area (Å²) < 4.78 is 0. The Morgan fingerprint density at radius 2 is 2.16 bits per heavy atom. The summed E-state index contributed by atoms with van der Waals surface area (Å²) in [5.74, 6) is 2.41. The van der Waals surface area contributed by atoms with Crippen LogP contribution in [0.15, 0.2) is 0 Å². The van der Waals surface area contributed by atoms with Gasteiger partial charge in [-0.3, -0.25) is 4.79 Å². The molecule has 0 aromatic rings. The van der Waals surface area contributed by atoms with E-state index in [0.29, 0.717) is 17.7 Å². The number of rotatable bonds is 3. The topological polar surface area (TPSA) is 32.3 Å². The van der Waals surface area contributed by atoms with Crippen LogP contribution < -0.4 is 5.32 Å². The number of amides is 1. The molecule has 0 aromatic heterocycles. The highest BCUT2D eigenvalue weighted by Gasteiger charge is 2.59. The largest absolute Gasteiger partial charge is 0.336 e. The van der Waals surface area contributed by atoms with E-state index in [1.165, 1.54) is 32.1 Å². The van der Waals surface area contributed by atoms with Crippen molar-refractivity contribution >= 4 is 5.91 Å². The van der Waals surface area contributed by atoms with Gasteiger partial charge in [-0.25, -0.2) is 0 Å². The highest BCUT2D eigenvalue weighted by Crippen LogP contribution is 2.55. The van der Waals surface area contributed by atoms with Crippen LogP contribution in [0.3, 0.4) is 0 Å². The smallest absolute Gasteiger partial charge is 0.223 e. The summed E-state index contributed by atoms with van der Waals surface area (Å²) in [5, 5.41) is 3.55. The van der Waals surface area contributed by atoms with Crippen LogP contribution in [-0.4, -0.2) is 36.0 Å². The first-order valence-corrected chi connectivity index (χ1v) is 8.16. The van der Waals surface area contributed by atoms with E-state index in [9.17, 15) is 4.79 Å². The first-order valence-electron chi connectivity index (χ1n) is 8.16. The third-order valence-corrected chi connectivity index (χ3v) is 5.69. The summed E-state index contributed by atoms with van der Waals surface area (Å²) in [4.78, 5) is 14.9. The van der Waals surface area contributed by atoms with Crippen LogP contribution >= 0.6 is 0 Å². The van der Waals surface area contributed by atoms with Crippen LogP contribution in [0.1, 0.15) is 52.4 Å². The predicted molar refractivity (Wildman–Crippen MR) is 76.8 cm³/mol. The van der Waals surface area contributed by atoms with Gasteiger partial charge in [-0.15, -0.1) is 0 Å². The number of piperidine rings is 1. The molecule has 3 nitrogen and oxygen atoms in total. The van der Waals surface area contributed by atoms with E-state index in [2.05, 4.69) is 24.1 Å². The Morgan fingerprint density at radius 3 is 2.74 bits per heavy atom. The third-order valence-electron chi connectivity index (χ3n) is 5.69. The minimum Gasteiger partial charge on any atom is -0.336 e. The monoisotopic (exact) mass is 264 g/mol. The highest BCUT2D eigenvalue weighted by atomic mass is 16.2. The van der Waals surface area contributed by atoms with Crippen molar-refractivity contribution in [2.24, 2.45) is 17.8 Å². The molecule has 0 radical (unpaired) electrons. The number of likely N-dealkylation sites (tertiary alicyclic amines) is 1. The van der Waals surface area contributed by atoms with E-state index in [4.69, 9.17) is 0 Å². The molecule has 19 heavy (non-hydrogen) atoms. The fraction of sp³-hybridized carbons (Fsp3) is 0.938. The number of nitrogens with zero attached hydrogens (tertiary/aromatic N) is 1. The number of carbonyl (C=O) groups is 1. The second-order valence-electron chi connectivity index (χ2n) is 7.20. The molecule has 3 fully saturated rings. The average Bonchev–Trinajstić information content (AvgIpc) is 2.62. The lowest BCUT2D eigenvalue weighted by atomic mass is 9.59. The minimum atomic E-state index is 0.249. The summed E-state index contributed by atoms with van der Waals surface area (Å²) in [6.07, 6.45) is 7.19. The standard InChI is InChI=1S/C16H28N2O/c1-12(2)10-15(19)18-9-6-13-5-7-16(13,18)14-4-3-8-17-11-14/h12-14,17H,3-11H2,1-2H3. The maximum Gasteiger partial charge on any atom is 0.223 e. The number of hydrogen-bond donors (Lipinski definition) is 1. The Labute approximate surface area is 117 Å². The summed E-state index contributed by atoms with van der Waals surface area (Å²) in [7, 11) is 0. The van der Waals surface area contributed by atoms with Crippen molar-refractivity contribution in [3.8, 4) is 0 Å². The van der Waals surface area contributed by atoms with E-state index >= 15 is 0 Å². The van der Waals surface area contributed by atoms with Gasteiger partial charge in [-0.05, 0) is 56.4 Å². The van der Waals surface area contributed by atoms with Gasteiger partial charge in [0.1, 0.15) is 0 Å². The summed E-state index contributed by atoms with van der Waals surface area (Å²) in [6.45, 7) is 7.62. The molecule has 1 aliphatic carbocycles. The van der Waals surface area contributed by atoms with E-state index < -0.39 is 0 Å². The van der Waals surface area contributed by atoms with Gasteiger partial charge in [0.05, 0.1) is 0 Å². The lowest BCUT2D eigenvalue weighted by Gasteiger charge is -2.56. The molecule has 0 spiro atoms. The van der Waals surface area contributed by atoms with Gasteiger partial charge in [0.15, 0.2) is 0 Å². The van der Waals surface area contributed by atoms with Gasteiger partial charge in [0.25, 0.3) is 0 Å². The lowest BCUT2D eigenvalue weighted by molar-refractivity contribution is -0.145. The second kappa shape index (κ2) is 5.08. The molecule has 3 rings (SSSR count). The molecule has 0 bridgehead atoms. The van der Waals surface area contributed by atoms with Crippen LogP contribution in [0.2, 0.25) is 0 Å². The van der Waals surface area contributed by atoms with Crippen molar-refractivity contribution in [3.63, 3.8) is 0 Å². The van der Waals surface area contributed by atoms with Gasteiger partial charge >= 0.3 is 0 Å². The van der Waals surface area contributed by atoms with Crippen molar-refractivity contribution in [2.75, 3.05) is 19.6 Å². The SMILES string of the molecule is CC(C)CC(=O)N1CCC2CCC21C1CCCNC1. The molecular weight excluding hydrogens is 236 g/mol. The van der Waals surface area contributed by atoms with Crippen LogP contribution in [0.5, 0.6) is 0 Å². The molecule has 1 N–H and O–H groups in total. The van der Waals surface area contributed by atoms with E-state index in [1.807, 2.05) is 0 Å². The first-order chi connectivity index (χ1) is 9.14. The zero-order valence-electron chi connectivity index (χ0n) is 12.5. The maximum absolute atomic E-state index is 12.6. The van der Waals surface area contributed by atoms with Gasteiger partial charge in [-0.1, -0.05) is 13.8 Å². The van der Waals surface area contributed by atoms with E-state index in [1.54, 1.807) is 0 Å². The molecule has 1 saturated carbocycles. The fourth-order valence-electron chi connectivity index (χ4n) is 4.74. The van der Waals surface area contributed by atoms with E-state index in [0.717, 1.165) is 32.0 Å². The van der Waals surface area contributed by atoms with Gasteiger partial charge in [0.2, 0.25) is 5.91 Å². The molecule has 2 saturated heterocycles. The van der Waals surface area contributed by atoms with Crippen LogP contribution in [0.4, 0.5) is 0 Å². The molecular formula is C16H28N2O. The average molecular weight is 264 g/mol. The molecule has 2 heterocycles. The van der Waals surface area contributed by atoms with Crippen molar-refractivity contribution < 1.29 is 4.79 Å². The second-order valence-corrected chi connectivity index (χ2v) is 7.20. The quantitative estimate of drug-likeness (QED) is 0.849. The Hall–Kier alpha value is -0.570. The molecule has 3 atom stereocenters. The Kier molecular flexibility index (Phi) is 3.59. The Bertz CT molecular complexity index is 349. The summed E-state index contributed by atoms with van der Waals surface area (Å²) >= 11 is 0. The molecule has 1 amide bonds. The normalized spacial score (nSPS) is 38.2. The van der Waals surface area contributed by atoms with Crippen LogP contribution in [0, 0.1) is 17.8 Å². The molecule has 2 aliphatic heterocycles. The Morgan fingerprint density at radius 1 is 1.32 bits per heavy atom. The number of fused-ring (bicyclic) bond motifs is 1. The molecule has 3 heteroatoms. The Balaban J connectivity index is 1.78. The van der Waals surface area contributed by atoms with Gasteiger partial charge < -0.3 is 10.2 Å². The number of nitrogens with one attached hydrogen (secondary N) is 1. The third kappa shape index (κ3) is 2.10. The molecule has 3 aliphatic rings. The van der Waals surface area contributed by atoms with Crippen LogP contribution in [-0.2, 0) is 4.79 Å². The first kappa shape index (κ1) is 13.4. The fourth-order valence-corrected chi connectivity index (χ4v) is 4.74. The molecule has 3 unspecified atom stereocenters. The number of hydrogen-bond acceptors (Lipinski definition) is 2. The van der Waals surface area contributed by atoms with Gasteiger partial charge in [-0.2, -0.15) is 0 Å². The zero-order chi connectivity index (χ0) is 13.5. The number of carbonyl (C=O) groups excluding carboxylic acids is 1. The molecule has 108 valence electrons. The lowest BCUT2D eigenvalue weighted by Crippen LogP contribution is -2.63. The van der Waals surface area contributed by atoms with Crippen molar-refractivity contribution in [2.45, 2.75) is 57.9 Å². The zero-order valence-corrected chi connectivity index (χ0v) is 12.5. The van der Waals surface area contributed by atoms with E-state index in [-0.39, 0.29) is 5.54 Å². The molecule has 0 aromatic carbocycles. The van der Waals surface area contributed by atoms with Crippen LogP contribution in [0.25, 0.3) is 0 Å². The summed E-state index contributed by atoms with van der Waals surface area (Å²) in [6, 6.07) is 0. The van der Waals surface area contributed by atoms with Gasteiger partial charge in [0, 0.05) is 25.0 Å². The van der Waals surface area contributed by atoms with Crippen molar-refractivity contribution in [1.82, 2.24) is 10.2 Å². The summed E-state index contributed by atoms with van der Waals surface area (Å²) in [5.41, 5.74) is 0.249. The minimum absolute atomic E-state index is 0.249.